The summed E-state index contributed by atoms with van der Waals surface area (Å²) in [5, 5.41) is 10.6. The van der Waals surface area contributed by atoms with Gasteiger partial charge in [0.25, 0.3) is 0 Å². The number of guanidine groups is 1. The van der Waals surface area contributed by atoms with Crippen molar-refractivity contribution in [1.29, 1.82) is 0 Å². The molecule has 31 heavy (non-hydrogen) atoms. The average Bonchev–Trinajstić information content (AvgIpc) is 3.13. The van der Waals surface area contributed by atoms with Gasteiger partial charge in [-0.1, -0.05) is 25.1 Å². The van der Waals surface area contributed by atoms with Crippen LogP contribution in [-0.2, 0) is 25.9 Å². The number of nitrogens with one attached hydrogen (secondary N) is 2. The van der Waals surface area contributed by atoms with Crippen LogP contribution in [0.5, 0.6) is 11.5 Å². The number of hydrogen-bond acceptors (Lipinski definition) is 5. The average molecular weight is 552 g/mol. The maximum absolute atomic E-state index is 12.6. The molecule has 0 unspecified atom stereocenters. The number of aromatic nitrogens is 1. The Bertz CT molecular complexity index is 809. The van der Waals surface area contributed by atoms with Crippen molar-refractivity contribution in [3.05, 3.63) is 40.8 Å². The maximum Gasteiger partial charge on any atom is 0.387 e. The van der Waals surface area contributed by atoms with Crippen molar-refractivity contribution in [3.63, 3.8) is 0 Å². The summed E-state index contributed by atoms with van der Waals surface area (Å²) in [4.78, 5) is 4.58. The molecule has 2 N–H and O–H groups in total. The summed E-state index contributed by atoms with van der Waals surface area (Å²) in [6, 6.07) is 4.83. The van der Waals surface area contributed by atoms with E-state index in [-0.39, 0.29) is 35.5 Å². The fraction of sp³-hybridized carbons (Fsp3) is 0.524. The molecule has 0 saturated carbocycles. The largest absolute Gasteiger partial charge is 0.490 e. The minimum Gasteiger partial charge on any atom is -0.490 e. The number of rotatable bonds is 11. The van der Waals surface area contributed by atoms with E-state index < -0.39 is 6.61 Å². The Kier molecular flexibility index (Phi) is 12.2. The quantitative estimate of drug-likeness (QED) is 0.240. The Hall–Kier alpha value is -2.11. The first-order valence-corrected chi connectivity index (χ1v) is 10.2. The van der Waals surface area contributed by atoms with E-state index in [1.165, 1.54) is 6.07 Å². The smallest absolute Gasteiger partial charge is 0.387 e. The van der Waals surface area contributed by atoms with Crippen molar-refractivity contribution in [2.45, 2.75) is 60.2 Å². The molecule has 0 aliphatic heterocycles. The van der Waals surface area contributed by atoms with E-state index in [9.17, 15) is 8.78 Å². The summed E-state index contributed by atoms with van der Waals surface area (Å²) >= 11 is 0. The van der Waals surface area contributed by atoms with Gasteiger partial charge in [-0.25, -0.2) is 4.99 Å². The first-order chi connectivity index (χ1) is 14.5. The zero-order valence-electron chi connectivity index (χ0n) is 18.3. The van der Waals surface area contributed by atoms with Crippen LogP contribution in [0.25, 0.3) is 0 Å². The van der Waals surface area contributed by atoms with Gasteiger partial charge in [-0.2, -0.15) is 8.78 Å². The van der Waals surface area contributed by atoms with Gasteiger partial charge in [0.1, 0.15) is 5.76 Å². The summed E-state index contributed by atoms with van der Waals surface area (Å²) in [6.07, 6.45) is 1.56. The van der Waals surface area contributed by atoms with Gasteiger partial charge >= 0.3 is 6.61 Å². The molecule has 0 saturated heterocycles. The molecule has 7 nitrogen and oxygen atoms in total. The minimum absolute atomic E-state index is 0. The lowest BCUT2D eigenvalue weighted by molar-refractivity contribution is -0.0514. The zero-order valence-corrected chi connectivity index (χ0v) is 20.7. The van der Waals surface area contributed by atoms with Crippen LogP contribution >= 0.6 is 24.0 Å². The number of alkyl halides is 2. The molecular formula is C21H31F2IN4O3. The van der Waals surface area contributed by atoms with Gasteiger partial charge < -0.3 is 24.6 Å². The Morgan fingerprint density at radius 1 is 1.13 bits per heavy atom. The normalized spacial score (nSPS) is 11.3. The predicted molar refractivity (Wildman–Crippen MR) is 127 cm³/mol. The third-order valence-electron chi connectivity index (χ3n) is 4.33. The van der Waals surface area contributed by atoms with E-state index in [0.29, 0.717) is 32.2 Å². The highest BCUT2D eigenvalue weighted by molar-refractivity contribution is 14.0. The fourth-order valence-corrected chi connectivity index (χ4v) is 2.93. The van der Waals surface area contributed by atoms with E-state index in [1.54, 1.807) is 19.1 Å². The second-order valence-electron chi connectivity index (χ2n) is 6.38. The number of halogens is 3. The molecule has 1 aromatic heterocycles. The monoisotopic (exact) mass is 552 g/mol. The molecule has 0 radical (unpaired) electrons. The standard InChI is InChI=1S/C21H30F2N4O3.HI/c1-5-16-15(17(6-2)30-27-16)13-26-21(24-7-3)25-12-14-9-10-18(29-20(22)23)19(11-14)28-8-4;/h9-11,20H,5-8,12-13H2,1-4H3,(H2,24,25,26);1H. The predicted octanol–water partition coefficient (Wildman–Crippen LogP) is 4.67. The number of aliphatic imine (C=N–C) groups is 1. The number of benzene rings is 1. The van der Waals surface area contributed by atoms with Gasteiger partial charge in [-0.05, 0) is 38.0 Å². The molecule has 1 aromatic carbocycles. The molecule has 2 rings (SSSR count). The molecule has 0 spiro atoms. The summed E-state index contributed by atoms with van der Waals surface area (Å²) in [6.45, 7) is 6.85. The molecule has 1 heterocycles. The van der Waals surface area contributed by atoms with Crippen molar-refractivity contribution in [1.82, 2.24) is 15.8 Å². The van der Waals surface area contributed by atoms with Gasteiger partial charge in [0.15, 0.2) is 17.5 Å². The van der Waals surface area contributed by atoms with Gasteiger partial charge in [-0.15, -0.1) is 24.0 Å². The van der Waals surface area contributed by atoms with Crippen LogP contribution in [0.3, 0.4) is 0 Å². The van der Waals surface area contributed by atoms with Crippen molar-refractivity contribution in [3.8, 4) is 11.5 Å². The van der Waals surface area contributed by atoms with Crippen molar-refractivity contribution in [2.75, 3.05) is 13.2 Å². The number of aryl methyl sites for hydroxylation is 2. The number of nitrogens with zero attached hydrogens (tertiary/aromatic N) is 2. The second-order valence-corrected chi connectivity index (χ2v) is 6.38. The molecule has 0 amide bonds. The molecule has 174 valence electrons. The maximum atomic E-state index is 12.6. The number of hydrogen-bond donors (Lipinski definition) is 2. The lowest BCUT2D eigenvalue weighted by Crippen LogP contribution is -2.37. The SMILES string of the molecule is CCNC(=NCc1ccc(OC(F)F)c(OCC)c1)NCc1c(CC)noc1CC.I. The molecule has 10 heteroatoms. The van der Waals surface area contributed by atoms with Crippen LogP contribution in [0.15, 0.2) is 27.7 Å². The highest BCUT2D eigenvalue weighted by atomic mass is 127. The molecule has 0 fully saturated rings. The highest BCUT2D eigenvalue weighted by Crippen LogP contribution is 2.30. The molecule has 0 aliphatic rings. The summed E-state index contributed by atoms with van der Waals surface area (Å²) in [7, 11) is 0. The van der Waals surface area contributed by atoms with Crippen molar-refractivity contribution >= 4 is 29.9 Å². The molecule has 0 atom stereocenters. The Morgan fingerprint density at radius 3 is 2.52 bits per heavy atom. The Morgan fingerprint density at radius 2 is 1.90 bits per heavy atom. The van der Waals surface area contributed by atoms with E-state index in [2.05, 4.69) is 25.5 Å². The lowest BCUT2D eigenvalue weighted by atomic mass is 10.1. The minimum atomic E-state index is -2.91. The lowest BCUT2D eigenvalue weighted by Gasteiger charge is -2.13. The first-order valence-electron chi connectivity index (χ1n) is 10.2. The van der Waals surface area contributed by atoms with Gasteiger partial charge in [0, 0.05) is 25.1 Å². The summed E-state index contributed by atoms with van der Waals surface area (Å²) < 4.78 is 40.5. The van der Waals surface area contributed by atoms with Crippen LogP contribution in [-0.4, -0.2) is 30.9 Å². The van der Waals surface area contributed by atoms with Crippen molar-refractivity contribution in [2.24, 2.45) is 4.99 Å². The van der Waals surface area contributed by atoms with E-state index >= 15 is 0 Å². The third kappa shape index (κ3) is 8.15. The topological polar surface area (TPSA) is 80.9 Å². The van der Waals surface area contributed by atoms with Gasteiger partial charge in [0.2, 0.25) is 0 Å². The van der Waals surface area contributed by atoms with Gasteiger partial charge in [-0.3, -0.25) is 0 Å². The van der Waals surface area contributed by atoms with Gasteiger partial charge in [0.05, 0.1) is 18.8 Å². The van der Waals surface area contributed by atoms with E-state index in [4.69, 9.17) is 9.26 Å². The Labute approximate surface area is 199 Å². The zero-order chi connectivity index (χ0) is 21.9. The fourth-order valence-electron chi connectivity index (χ4n) is 2.93. The summed E-state index contributed by atoms with van der Waals surface area (Å²) in [5.41, 5.74) is 2.80. The van der Waals surface area contributed by atoms with Crippen molar-refractivity contribution < 1.29 is 22.8 Å². The van der Waals surface area contributed by atoms with E-state index in [0.717, 1.165) is 35.4 Å². The van der Waals surface area contributed by atoms with Crippen LogP contribution in [0, 0.1) is 0 Å². The van der Waals surface area contributed by atoms with Crippen LogP contribution < -0.4 is 20.1 Å². The third-order valence-corrected chi connectivity index (χ3v) is 4.33. The molecule has 0 bridgehead atoms. The number of ether oxygens (including phenoxy) is 2. The second kappa shape index (κ2) is 14.0. The van der Waals surface area contributed by atoms with Crippen LogP contribution in [0.1, 0.15) is 50.3 Å². The molecule has 2 aromatic rings. The summed E-state index contributed by atoms with van der Waals surface area (Å²) in [5.74, 6) is 1.78. The Balaban J connectivity index is 0.00000480. The van der Waals surface area contributed by atoms with E-state index in [1.807, 2.05) is 20.8 Å². The van der Waals surface area contributed by atoms with Crippen LogP contribution in [0.2, 0.25) is 0 Å². The first kappa shape index (κ1) is 26.9. The molecule has 0 aliphatic carbocycles. The van der Waals surface area contributed by atoms with Crippen LogP contribution in [0.4, 0.5) is 8.78 Å². The molecular weight excluding hydrogens is 521 g/mol. The highest BCUT2D eigenvalue weighted by Gasteiger charge is 2.14.